The van der Waals surface area contributed by atoms with Crippen LogP contribution in [0.15, 0.2) is 36.4 Å². The van der Waals surface area contributed by atoms with Gasteiger partial charge < -0.3 is 14.2 Å². The minimum Gasteiger partial charge on any atom is -0.468 e. The van der Waals surface area contributed by atoms with Crippen molar-refractivity contribution in [3.05, 3.63) is 36.4 Å². The summed E-state index contributed by atoms with van der Waals surface area (Å²) >= 11 is 0. The maximum Gasteiger partial charge on any atom is 0.338 e. The summed E-state index contributed by atoms with van der Waals surface area (Å²) in [6.07, 6.45) is 7.23. The average Bonchev–Trinajstić information content (AvgIpc) is 2.58. The van der Waals surface area contributed by atoms with Crippen molar-refractivity contribution in [3.8, 4) is 11.5 Å². The summed E-state index contributed by atoms with van der Waals surface area (Å²) in [7, 11) is 0. The molecule has 1 aromatic carbocycles. The number of carbonyl (C=O) groups is 1. The summed E-state index contributed by atoms with van der Waals surface area (Å²) in [5, 5.41) is 0. The topological polar surface area (TPSA) is 44.8 Å². The summed E-state index contributed by atoms with van der Waals surface area (Å²) in [5.41, 5.74) is 0.379. The van der Waals surface area contributed by atoms with Crippen molar-refractivity contribution in [2.45, 2.75) is 45.1 Å². The highest BCUT2D eigenvalue weighted by molar-refractivity contribution is 5.88. The Morgan fingerprint density at radius 1 is 1.00 bits per heavy atom. The van der Waals surface area contributed by atoms with Crippen molar-refractivity contribution in [1.29, 1.82) is 0 Å². The van der Waals surface area contributed by atoms with Crippen LogP contribution >= 0.6 is 0 Å². The number of hydrogen-bond acceptors (Lipinski definition) is 4. The molecule has 25 heavy (non-hydrogen) atoms. The van der Waals surface area contributed by atoms with Crippen LogP contribution < -0.4 is 9.47 Å². The fourth-order valence-corrected chi connectivity index (χ4v) is 5.13. The molecule has 4 fully saturated rings. The lowest BCUT2D eigenvalue weighted by Crippen LogP contribution is -2.49. The smallest absolute Gasteiger partial charge is 0.338 e. The molecule has 0 saturated heterocycles. The number of hydrogen-bond donors (Lipinski definition) is 0. The van der Waals surface area contributed by atoms with Crippen molar-refractivity contribution in [1.82, 2.24) is 0 Å². The quantitative estimate of drug-likeness (QED) is 0.334. The Kier molecular flexibility index (Phi) is 4.55. The molecular weight excluding hydrogens is 316 g/mol. The molecule has 4 saturated carbocycles. The third kappa shape index (κ3) is 3.59. The van der Waals surface area contributed by atoms with Crippen LogP contribution in [0, 0.1) is 23.7 Å². The molecule has 4 aliphatic carbocycles. The maximum atomic E-state index is 11.5. The van der Waals surface area contributed by atoms with Gasteiger partial charge in [0, 0.05) is 5.57 Å². The van der Waals surface area contributed by atoms with E-state index in [1.54, 1.807) is 31.2 Å². The summed E-state index contributed by atoms with van der Waals surface area (Å²) in [5.74, 6) is 4.18. The molecule has 0 aliphatic heterocycles. The van der Waals surface area contributed by atoms with Crippen molar-refractivity contribution in [2.24, 2.45) is 23.7 Å². The Labute approximate surface area is 149 Å². The van der Waals surface area contributed by atoms with Crippen LogP contribution in [-0.4, -0.2) is 18.9 Å². The predicted octanol–water partition coefficient (Wildman–Crippen LogP) is 4.35. The molecule has 134 valence electrons. The van der Waals surface area contributed by atoms with Crippen molar-refractivity contribution < 1.29 is 19.0 Å². The monoisotopic (exact) mass is 342 g/mol. The maximum absolute atomic E-state index is 11.5. The highest BCUT2D eigenvalue weighted by atomic mass is 16.7. The molecule has 4 aliphatic rings. The first-order valence-electron chi connectivity index (χ1n) is 9.30. The van der Waals surface area contributed by atoms with E-state index < -0.39 is 5.97 Å². The molecule has 4 heteroatoms. The number of ether oxygens (including phenoxy) is 3. The normalized spacial score (nSPS) is 32.4. The number of carbonyl (C=O) groups excluding carboxylic acids is 1. The molecular formula is C21H26O4. The summed E-state index contributed by atoms with van der Waals surface area (Å²) in [6, 6.07) is 7.03. The van der Waals surface area contributed by atoms with E-state index in [0.717, 1.165) is 29.4 Å². The van der Waals surface area contributed by atoms with Gasteiger partial charge in [-0.3, -0.25) is 0 Å². The molecule has 4 nitrogen and oxygen atoms in total. The van der Waals surface area contributed by atoms with Gasteiger partial charge in [0.25, 0.3) is 0 Å². The lowest BCUT2D eigenvalue weighted by Gasteiger charge is -2.53. The van der Waals surface area contributed by atoms with Gasteiger partial charge in [-0.2, -0.15) is 0 Å². The molecule has 0 atom stereocenters. The third-order valence-corrected chi connectivity index (χ3v) is 6.01. The van der Waals surface area contributed by atoms with Gasteiger partial charge in [-0.15, -0.1) is 0 Å². The van der Waals surface area contributed by atoms with Crippen molar-refractivity contribution in [2.75, 3.05) is 6.79 Å². The Morgan fingerprint density at radius 2 is 1.56 bits per heavy atom. The van der Waals surface area contributed by atoms with Crippen LogP contribution in [0.25, 0.3) is 0 Å². The molecule has 0 amide bonds. The van der Waals surface area contributed by atoms with Gasteiger partial charge in [0.05, 0.1) is 6.10 Å². The van der Waals surface area contributed by atoms with E-state index in [2.05, 4.69) is 6.58 Å². The minimum absolute atomic E-state index is 0.290. The van der Waals surface area contributed by atoms with Gasteiger partial charge in [-0.25, -0.2) is 4.79 Å². The van der Waals surface area contributed by atoms with Gasteiger partial charge >= 0.3 is 5.97 Å². The van der Waals surface area contributed by atoms with Crippen LogP contribution in [0.5, 0.6) is 11.5 Å². The number of rotatable bonds is 6. The number of esters is 1. The van der Waals surface area contributed by atoms with Gasteiger partial charge in [-0.1, -0.05) is 6.58 Å². The van der Waals surface area contributed by atoms with Gasteiger partial charge in [0.1, 0.15) is 11.5 Å². The second kappa shape index (κ2) is 6.83. The Morgan fingerprint density at radius 3 is 2.12 bits per heavy atom. The second-order valence-electron chi connectivity index (χ2n) is 7.97. The van der Waals surface area contributed by atoms with Gasteiger partial charge in [0.2, 0.25) is 0 Å². The first-order valence-corrected chi connectivity index (χ1v) is 9.30. The Hall–Kier alpha value is -1.81. The summed E-state index contributed by atoms with van der Waals surface area (Å²) < 4.78 is 17.0. The lowest BCUT2D eigenvalue weighted by molar-refractivity contribution is -0.155. The van der Waals surface area contributed by atoms with E-state index in [1.807, 2.05) is 0 Å². The van der Waals surface area contributed by atoms with Gasteiger partial charge in [0.15, 0.2) is 6.79 Å². The molecule has 0 spiro atoms. The molecule has 4 bridgehead atoms. The molecule has 0 heterocycles. The highest BCUT2D eigenvalue weighted by Gasteiger charge is 2.48. The Bertz CT molecular complexity index is 620. The van der Waals surface area contributed by atoms with Crippen molar-refractivity contribution in [3.63, 3.8) is 0 Å². The van der Waals surface area contributed by atoms with Crippen molar-refractivity contribution >= 4 is 5.97 Å². The summed E-state index contributed by atoms with van der Waals surface area (Å²) in [4.78, 5) is 11.5. The zero-order chi connectivity index (χ0) is 17.4. The lowest BCUT2D eigenvalue weighted by atomic mass is 9.55. The molecule has 0 unspecified atom stereocenters. The highest BCUT2D eigenvalue weighted by Crippen LogP contribution is 2.54. The van der Waals surface area contributed by atoms with E-state index in [1.165, 1.54) is 32.1 Å². The summed E-state index contributed by atoms with van der Waals surface area (Å²) in [6.45, 7) is 5.48. The molecule has 0 N–H and O–H groups in total. The van der Waals surface area contributed by atoms with Crippen LogP contribution in [0.4, 0.5) is 0 Å². The van der Waals surface area contributed by atoms with E-state index in [-0.39, 0.29) is 6.79 Å². The van der Waals surface area contributed by atoms with Crippen LogP contribution in [0.1, 0.15) is 39.0 Å². The minimum atomic E-state index is -0.418. The van der Waals surface area contributed by atoms with E-state index in [4.69, 9.17) is 14.2 Å². The zero-order valence-electron chi connectivity index (χ0n) is 14.8. The van der Waals surface area contributed by atoms with Gasteiger partial charge in [-0.05, 0) is 87.0 Å². The predicted molar refractivity (Wildman–Crippen MR) is 94.3 cm³/mol. The molecule has 0 aromatic heterocycles. The first kappa shape index (κ1) is 16.6. The fourth-order valence-electron chi connectivity index (χ4n) is 5.13. The molecule has 0 radical (unpaired) electrons. The number of benzene rings is 1. The SMILES string of the molecule is C=C(C)C(=O)Oc1ccc(OCOC2C3CC4CC(C3)CC2C4)cc1. The Balaban J connectivity index is 1.26. The van der Waals surface area contributed by atoms with Crippen LogP contribution in [0.2, 0.25) is 0 Å². The average molecular weight is 342 g/mol. The van der Waals surface area contributed by atoms with E-state index in [9.17, 15) is 4.79 Å². The molecule has 1 aromatic rings. The van der Waals surface area contributed by atoms with Crippen LogP contribution in [0.3, 0.4) is 0 Å². The standard InChI is InChI=1S/C21H26O4/c1-13(2)21(22)25-19-5-3-18(4-6-19)23-12-24-20-16-8-14-7-15(10-16)11-17(20)9-14/h3-6,14-17,20H,1,7-12H2,2H3. The first-order chi connectivity index (χ1) is 12.1. The molecule has 5 rings (SSSR count). The second-order valence-corrected chi connectivity index (χ2v) is 7.97. The third-order valence-electron chi connectivity index (χ3n) is 6.01. The largest absolute Gasteiger partial charge is 0.468 e. The fraction of sp³-hybridized carbons (Fsp3) is 0.571. The van der Waals surface area contributed by atoms with E-state index in [0.29, 0.717) is 17.4 Å². The zero-order valence-corrected chi connectivity index (χ0v) is 14.8. The van der Waals surface area contributed by atoms with E-state index >= 15 is 0 Å². The van der Waals surface area contributed by atoms with Crippen LogP contribution in [-0.2, 0) is 9.53 Å².